The van der Waals surface area contributed by atoms with Gasteiger partial charge in [0.1, 0.15) is 4.21 Å². The van der Waals surface area contributed by atoms with Gasteiger partial charge in [-0.1, -0.05) is 11.6 Å². The van der Waals surface area contributed by atoms with Gasteiger partial charge in [0.15, 0.2) is 0 Å². The highest BCUT2D eigenvalue weighted by molar-refractivity contribution is 7.91. The molecule has 0 radical (unpaired) electrons. The second kappa shape index (κ2) is 7.43. The van der Waals surface area contributed by atoms with Crippen LogP contribution >= 0.6 is 22.9 Å². The SMILES string of the molecule is CC(=O)NC12C[C@H]3C[C@H](C1)CC(C(=O)N1CCN(S(=O)(=O)c4ccc(Cl)s4)CC1)(C3)C2. The molecule has 2 atom stereocenters. The first-order chi connectivity index (χ1) is 14.6. The van der Waals surface area contributed by atoms with Crippen molar-refractivity contribution in [3.05, 3.63) is 16.5 Å². The second-order valence-electron chi connectivity index (χ2n) is 9.96. The molecule has 1 aromatic heterocycles. The van der Waals surface area contributed by atoms with Gasteiger partial charge in [-0.05, 0) is 62.5 Å². The minimum absolute atomic E-state index is 0.0166. The zero-order valence-electron chi connectivity index (χ0n) is 17.6. The van der Waals surface area contributed by atoms with E-state index in [0.717, 1.165) is 49.9 Å². The van der Waals surface area contributed by atoms with E-state index < -0.39 is 15.4 Å². The summed E-state index contributed by atoms with van der Waals surface area (Å²) in [5, 5.41) is 3.21. The standard InChI is InChI=1S/C21H28ClN3O4S2/c1-14(26)23-21-11-15-8-16(12-21)10-20(9-15,13-21)19(27)24-4-6-25(7-5-24)31(28,29)18-3-2-17(22)30-18/h2-3,15-16H,4-13H2,1H3,(H,23,26)/t15-,16-,20?,21?/m0/s1. The molecule has 0 aromatic carbocycles. The second-order valence-corrected chi connectivity index (χ2v) is 13.8. The maximum atomic E-state index is 13.7. The van der Waals surface area contributed by atoms with Crippen molar-refractivity contribution in [2.24, 2.45) is 17.3 Å². The van der Waals surface area contributed by atoms with Crippen molar-refractivity contribution in [2.75, 3.05) is 26.2 Å². The average molecular weight is 486 g/mol. The van der Waals surface area contributed by atoms with Gasteiger partial charge in [0.2, 0.25) is 11.8 Å². The lowest BCUT2D eigenvalue weighted by Gasteiger charge is -2.62. The monoisotopic (exact) mass is 485 g/mol. The van der Waals surface area contributed by atoms with E-state index in [9.17, 15) is 18.0 Å². The number of halogens is 1. The largest absolute Gasteiger partial charge is 0.351 e. The molecule has 6 rings (SSSR count). The van der Waals surface area contributed by atoms with E-state index in [1.54, 1.807) is 13.0 Å². The highest BCUT2D eigenvalue weighted by Crippen LogP contribution is 2.62. The van der Waals surface area contributed by atoms with Gasteiger partial charge in [0, 0.05) is 38.6 Å². The van der Waals surface area contributed by atoms with E-state index in [0.29, 0.717) is 42.4 Å². The van der Waals surface area contributed by atoms with Crippen LogP contribution in [0, 0.1) is 17.3 Å². The summed E-state index contributed by atoms with van der Waals surface area (Å²) in [6.07, 6.45) is 5.64. The van der Waals surface area contributed by atoms with Gasteiger partial charge in [-0.25, -0.2) is 8.42 Å². The third-order valence-corrected chi connectivity index (χ3v) is 11.2. The summed E-state index contributed by atoms with van der Waals surface area (Å²) in [4.78, 5) is 27.5. The van der Waals surface area contributed by atoms with E-state index in [-0.39, 0.29) is 21.6 Å². The number of nitrogens with zero attached hydrogens (tertiary/aromatic N) is 2. The van der Waals surface area contributed by atoms with Crippen molar-refractivity contribution >= 4 is 44.8 Å². The van der Waals surface area contributed by atoms with Crippen LogP contribution in [0.5, 0.6) is 0 Å². The summed E-state index contributed by atoms with van der Waals surface area (Å²) in [7, 11) is -3.58. The number of nitrogens with one attached hydrogen (secondary N) is 1. The quantitative estimate of drug-likeness (QED) is 0.710. The molecule has 5 aliphatic rings. The van der Waals surface area contributed by atoms with Gasteiger partial charge in [0.05, 0.1) is 9.75 Å². The van der Waals surface area contributed by atoms with Crippen LogP contribution in [0.2, 0.25) is 4.34 Å². The Morgan fingerprint density at radius 2 is 1.74 bits per heavy atom. The fourth-order valence-corrected chi connectivity index (χ4v) is 10.1. The summed E-state index contributed by atoms with van der Waals surface area (Å²) in [6.45, 7) is 2.96. The molecule has 4 saturated carbocycles. The van der Waals surface area contributed by atoms with Crippen LogP contribution in [0.4, 0.5) is 0 Å². The van der Waals surface area contributed by atoms with Gasteiger partial charge in [-0.15, -0.1) is 11.3 Å². The Bertz CT molecular complexity index is 1000. The lowest BCUT2D eigenvalue weighted by Crippen LogP contribution is -2.66. The van der Waals surface area contributed by atoms with Crippen molar-refractivity contribution in [3.63, 3.8) is 0 Å². The number of sulfonamides is 1. The van der Waals surface area contributed by atoms with Crippen LogP contribution in [-0.4, -0.2) is 61.2 Å². The van der Waals surface area contributed by atoms with Gasteiger partial charge >= 0.3 is 0 Å². The molecule has 1 saturated heterocycles. The number of hydrogen-bond acceptors (Lipinski definition) is 5. The molecular weight excluding hydrogens is 458 g/mol. The topological polar surface area (TPSA) is 86.8 Å². The smallest absolute Gasteiger partial charge is 0.252 e. The predicted molar refractivity (Wildman–Crippen MR) is 118 cm³/mol. The van der Waals surface area contributed by atoms with Gasteiger partial charge in [0.25, 0.3) is 10.0 Å². The van der Waals surface area contributed by atoms with Crippen molar-refractivity contribution in [1.29, 1.82) is 0 Å². The number of piperazine rings is 1. The van der Waals surface area contributed by atoms with E-state index in [2.05, 4.69) is 5.32 Å². The molecule has 31 heavy (non-hydrogen) atoms. The van der Waals surface area contributed by atoms with Crippen molar-refractivity contribution in [2.45, 2.75) is 55.2 Å². The maximum Gasteiger partial charge on any atom is 0.252 e. The molecule has 2 amide bonds. The molecule has 1 N–H and O–H groups in total. The summed E-state index contributed by atoms with van der Waals surface area (Å²) >= 11 is 6.98. The number of carbonyl (C=O) groups excluding carboxylic acids is 2. The normalized spacial score (nSPS) is 35.4. The highest BCUT2D eigenvalue weighted by Gasteiger charge is 2.61. The summed E-state index contributed by atoms with van der Waals surface area (Å²) in [5.41, 5.74) is -0.649. The maximum absolute atomic E-state index is 13.7. The van der Waals surface area contributed by atoms with E-state index in [4.69, 9.17) is 11.6 Å². The Labute approximate surface area is 192 Å². The molecule has 2 heterocycles. The van der Waals surface area contributed by atoms with E-state index in [1.807, 2.05) is 4.90 Å². The Balaban J connectivity index is 1.30. The zero-order chi connectivity index (χ0) is 22.0. The summed E-state index contributed by atoms with van der Waals surface area (Å²) in [5.74, 6) is 1.12. The molecular formula is C21H28ClN3O4S2. The number of amides is 2. The van der Waals surface area contributed by atoms with Crippen LogP contribution in [0.3, 0.4) is 0 Å². The lowest BCUT2D eigenvalue weighted by atomic mass is 9.46. The number of rotatable bonds is 4. The molecule has 4 bridgehead atoms. The predicted octanol–water partition coefficient (Wildman–Crippen LogP) is 2.71. The fourth-order valence-electron chi connectivity index (χ4n) is 7.06. The van der Waals surface area contributed by atoms with Gasteiger partial charge in [-0.2, -0.15) is 4.31 Å². The Morgan fingerprint density at radius 3 is 2.29 bits per heavy atom. The summed E-state index contributed by atoms with van der Waals surface area (Å²) in [6, 6.07) is 3.13. The molecule has 0 unspecified atom stereocenters. The molecule has 4 aliphatic carbocycles. The molecule has 10 heteroatoms. The molecule has 1 aliphatic heterocycles. The Hall–Kier alpha value is -1.16. The van der Waals surface area contributed by atoms with Gasteiger partial charge in [-0.3, -0.25) is 9.59 Å². The van der Waals surface area contributed by atoms with Crippen molar-refractivity contribution < 1.29 is 18.0 Å². The van der Waals surface area contributed by atoms with Crippen molar-refractivity contribution in [3.8, 4) is 0 Å². The lowest BCUT2D eigenvalue weighted by molar-refractivity contribution is -0.164. The highest BCUT2D eigenvalue weighted by atomic mass is 35.5. The minimum Gasteiger partial charge on any atom is -0.351 e. The Kier molecular flexibility index (Phi) is 5.20. The van der Waals surface area contributed by atoms with Crippen molar-refractivity contribution in [1.82, 2.24) is 14.5 Å². The number of thiophene rings is 1. The fraction of sp³-hybridized carbons (Fsp3) is 0.714. The third-order valence-electron chi connectivity index (χ3n) is 7.62. The third kappa shape index (κ3) is 3.71. The molecule has 0 spiro atoms. The van der Waals surface area contributed by atoms with Gasteiger partial charge < -0.3 is 10.2 Å². The Morgan fingerprint density at radius 1 is 1.10 bits per heavy atom. The van der Waals surface area contributed by atoms with E-state index in [1.165, 1.54) is 10.4 Å². The van der Waals surface area contributed by atoms with Crippen LogP contribution in [0.15, 0.2) is 16.3 Å². The van der Waals surface area contributed by atoms with Crippen LogP contribution in [-0.2, 0) is 19.6 Å². The number of carbonyl (C=O) groups is 2. The molecule has 7 nitrogen and oxygen atoms in total. The molecule has 1 aromatic rings. The minimum atomic E-state index is -3.58. The summed E-state index contributed by atoms with van der Waals surface area (Å²) < 4.78 is 27.9. The molecule has 5 fully saturated rings. The first-order valence-corrected chi connectivity index (χ1v) is 13.6. The van der Waals surface area contributed by atoms with Crippen LogP contribution in [0.1, 0.15) is 45.4 Å². The molecule has 170 valence electrons. The average Bonchev–Trinajstić information content (AvgIpc) is 3.12. The van der Waals surface area contributed by atoms with Crippen LogP contribution in [0.25, 0.3) is 0 Å². The first-order valence-electron chi connectivity index (χ1n) is 10.9. The number of hydrogen-bond donors (Lipinski definition) is 1. The van der Waals surface area contributed by atoms with E-state index >= 15 is 0 Å². The van der Waals surface area contributed by atoms with Crippen LogP contribution < -0.4 is 5.32 Å². The zero-order valence-corrected chi connectivity index (χ0v) is 20.0. The first kappa shape index (κ1) is 21.7.